The Morgan fingerprint density at radius 1 is 1.14 bits per heavy atom. The quantitative estimate of drug-likeness (QED) is 0.429. The Kier molecular flexibility index (Phi) is 5.23. The first-order chi connectivity index (χ1) is 9.73. The number of nitro groups is 2. The van der Waals surface area contributed by atoms with E-state index >= 15 is 0 Å². The van der Waals surface area contributed by atoms with Crippen molar-refractivity contribution >= 4 is 17.3 Å². The lowest BCUT2D eigenvalue weighted by Crippen LogP contribution is -2.31. The van der Waals surface area contributed by atoms with Crippen LogP contribution in [0.2, 0.25) is 0 Å². The summed E-state index contributed by atoms with van der Waals surface area (Å²) >= 11 is 0. The Morgan fingerprint density at radius 3 is 2.14 bits per heavy atom. The average molecular weight is 294 g/mol. The SMILES string of the molecule is CC(=O)C(C(C)=O)[C@@H](C[N+](=O)[O-])c1cccc([N+](=O)[O-])c1. The molecule has 0 saturated carbocycles. The van der Waals surface area contributed by atoms with Gasteiger partial charge in [0.25, 0.3) is 5.69 Å². The van der Waals surface area contributed by atoms with Crippen LogP contribution in [-0.4, -0.2) is 28.0 Å². The van der Waals surface area contributed by atoms with E-state index in [2.05, 4.69) is 0 Å². The highest BCUT2D eigenvalue weighted by Crippen LogP contribution is 2.29. The largest absolute Gasteiger partial charge is 0.299 e. The van der Waals surface area contributed by atoms with E-state index in [0.29, 0.717) is 0 Å². The van der Waals surface area contributed by atoms with Crippen LogP contribution in [0.25, 0.3) is 0 Å². The van der Waals surface area contributed by atoms with Gasteiger partial charge in [-0.15, -0.1) is 0 Å². The summed E-state index contributed by atoms with van der Waals surface area (Å²) in [4.78, 5) is 43.5. The molecule has 1 atom stereocenters. The van der Waals surface area contributed by atoms with Gasteiger partial charge in [-0.1, -0.05) is 12.1 Å². The van der Waals surface area contributed by atoms with E-state index in [1.165, 1.54) is 32.0 Å². The van der Waals surface area contributed by atoms with Gasteiger partial charge in [0.1, 0.15) is 11.6 Å². The van der Waals surface area contributed by atoms with E-state index in [9.17, 15) is 29.8 Å². The van der Waals surface area contributed by atoms with E-state index in [1.54, 1.807) is 0 Å². The average Bonchev–Trinajstić information content (AvgIpc) is 2.36. The van der Waals surface area contributed by atoms with Gasteiger partial charge in [0.2, 0.25) is 6.54 Å². The second-order valence-corrected chi connectivity index (χ2v) is 4.67. The molecule has 0 aliphatic rings. The molecule has 21 heavy (non-hydrogen) atoms. The van der Waals surface area contributed by atoms with Gasteiger partial charge in [-0.25, -0.2) is 0 Å². The molecule has 0 aromatic heterocycles. The van der Waals surface area contributed by atoms with Crippen molar-refractivity contribution in [2.75, 3.05) is 6.54 Å². The molecule has 0 saturated heterocycles. The molecule has 1 aromatic rings. The minimum atomic E-state index is -1.18. The van der Waals surface area contributed by atoms with Gasteiger partial charge in [0, 0.05) is 17.1 Å². The molecule has 0 unspecified atom stereocenters. The van der Waals surface area contributed by atoms with E-state index in [4.69, 9.17) is 0 Å². The number of nitro benzene ring substituents is 1. The topological polar surface area (TPSA) is 120 Å². The summed E-state index contributed by atoms with van der Waals surface area (Å²) < 4.78 is 0. The molecule has 1 rings (SSSR count). The zero-order valence-electron chi connectivity index (χ0n) is 11.5. The predicted octanol–water partition coefficient (Wildman–Crippen LogP) is 1.75. The molecular weight excluding hydrogens is 280 g/mol. The van der Waals surface area contributed by atoms with Crippen molar-refractivity contribution in [3.63, 3.8) is 0 Å². The molecule has 0 radical (unpaired) electrons. The molecule has 0 N–H and O–H groups in total. The molecule has 0 fully saturated rings. The predicted molar refractivity (Wildman–Crippen MR) is 72.6 cm³/mol. The van der Waals surface area contributed by atoms with Gasteiger partial charge in [-0.3, -0.25) is 29.8 Å². The van der Waals surface area contributed by atoms with Crippen LogP contribution in [-0.2, 0) is 9.59 Å². The lowest BCUT2D eigenvalue weighted by atomic mass is 9.81. The first-order valence-corrected chi connectivity index (χ1v) is 6.11. The van der Waals surface area contributed by atoms with Crippen molar-refractivity contribution in [3.05, 3.63) is 50.1 Å². The third-order valence-electron chi connectivity index (χ3n) is 3.13. The minimum Gasteiger partial charge on any atom is -0.299 e. The molecule has 8 heteroatoms. The van der Waals surface area contributed by atoms with E-state index in [0.717, 1.165) is 6.07 Å². The Hall–Kier alpha value is -2.64. The van der Waals surface area contributed by atoms with Crippen molar-refractivity contribution in [1.82, 2.24) is 0 Å². The third kappa shape index (κ3) is 4.16. The maximum absolute atomic E-state index is 11.6. The Labute approximate surface area is 120 Å². The van der Waals surface area contributed by atoms with Gasteiger partial charge in [-0.2, -0.15) is 0 Å². The molecule has 8 nitrogen and oxygen atoms in total. The van der Waals surface area contributed by atoms with Crippen LogP contribution in [0, 0.1) is 26.1 Å². The summed E-state index contributed by atoms with van der Waals surface area (Å²) in [6.07, 6.45) is 0. The first-order valence-electron chi connectivity index (χ1n) is 6.11. The fourth-order valence-electron chi connectivity index (χ4n) is 2.29. The van der Waals surface area contributed by atoms with Crippen molar-refractivity contribution in [2.45, 2.75) is 19.8 Å². The van der Waals surface area contributed by atoms with Crippen molar-refractivity contribution in [1.29, 1.82) is 0 Å². The van der Waals surface area contributed by atoms with E-state index in [1.807, 2.05) is 0 Å². The highest BCUT2D eigenvalue weighted by molar-refractivity contribution is 6.01. The fourth-order valence-corrected chi connectivity index (χ4v) is 2.29. The number of rotatable bonds is 7. The maximum Gasteiger partial charge on any atom is 0.269 e. The maximum atomic E-state index is 11.6. The van der Waals surface area contributed by atoms with Crippen LogP contribution in [0.15, 0.2) is 24.3 Å². The van der Waals surface area contributed by atoms with E-state index < -0.39 is 39.8 Å². The van der Waals surface area contributed by atoms with Crippen molar-refractivity contribution in [2.24, 2.45) is 5.92 Å². The molecule has 0 bridgehead atoms. The van der Waals surface area contributed by atoms with Crippen LogP contribution in [0.5, 0.6) is 0 Å². The molecule has 0 aliphatic heterocycles. The van der Waals surface area contributed by atoms with Crippen LogP contribution < -0.4 is 0 Å². The molecular formula is C13H14N2O6. The Morgan fingerprint density at radius 2 is 1.71 bits per heavy atom. The van der Waals surface area contributed by atoms with Gasteiger partial charge >= 0.3 is 0 Å². The molecule has 0 spiro atoms. The highest BCUT2D eigenvalue weighted by Gasteiger charge is 2.35. The number of carbonyl (C=O) groups excluding carboxylic acids is 2. The molecule has 112 valence electrons. The number of hydrogen-bond acceptors (Lipinski definition) is 6. The zero-order chi connectivity index (χ0) is 16.2. The van der Waals surface area contributed by atoms with Crippen molar-refractivity contribution < 1.29 is 19.4 Å². The lowest BCUT2D eigenvalue weighted by molar-refractivity contribution is -0.484. The number of benzene rings is 1. The van der Waals surface area contributed by atoms with Crippen LogP contribution in [0.3, 0.4) is 0 Å². The first kappa shape index (κ1) is 16.4. The van der Waals surface area contributed by atoms with E-state index in [-0.39, 0.29) is 11.3 Å². The van der Waals surface area contributed by atoms with Crippen LogP contribution in [0.1, 0.15) is 25.3 Å². The number of carbonyl (C=O) groups is 2. The van der Waals surface area contributed by atoms with Crippen molar-refractivity contribution in [3.8, 4) is 0 Å². The number of non-ortho nitro benzene ring substituents is 1. The Bertz CT molecular complexity index is 584. The summed E-state index contributed by atoms with van der Waals surface area (Å²) in [5.74, 6) is -3.20. The standard InChI is InChI=1S/C13H14N2O6/c1-8(16)13(9(2)17)12(7-14(18)19)10-4-3-5-11(6-10)15(20)21/h3-6,12-13H,7H2,1-2H3/t12-/m0/s1. The summed E-state index contributed by atoms with van der Waals surface area (Å²) in [6.45, 7) is 1.71. The molecule has 0 heterocycles. The second-order valence-electron chi connectivity index (χ2n) is 4.67. The smallest absolute Gasteiger partial charge is 0.269 e. The summed E-state index contributed by atoms with van der Waals surface area (Å²) in [7, 11) is 0. The second kappa shape index (κ2) is 6.69. The Balaban J connectivity index is 3.33. The van der Waals surface area contributed by atoms with Gasteiger partial charge in [-0.05, 0) is 19.4 Å². The lowest BCUT2D eigenvalue weighted by Gasteiger charge is -2.20. The number of ketones is 2. The van der Waals surface area contributed by atoms with Crippen LogP contribution >= 0.6 is 0 Å². The van der Waals surface area contributed by atoms with Gasteiger partial charge < -0.3 is 0 Å². The fraction of sp³-hybridized carbons (Fsp3) is 0.385. The number of nitrogens with zero attached hydrogens (tertiary/aromatic N) is 2. The van der Waals surface area contributed by atoms with Gasteiger partial charge in [0.15, 0.2) is 0 Å². The monoisotopic (exact) mass is 294 g/mol. The third-order valence-corrected chi connectivity index (χ3v) is 3.13. The molecule has 0 aliphatic carbocycles. The van der Waals surface area contributed by atoms with Gasteiger partial charge in [0.05, 0.1) is 16.8 Å². The molecule has 0 amide bonds. The van der Waals surface area contributed by atoms with Crippen LogP contribution in [0.4, 0.5) is 5.69 Å². The summed E-state index contributed by atoms with van der Waals surface area (Å²) in [6, 6.07) is 5.22. The number of hydrogen-bond donors (Lipinski definition) is 0. The summed E-state index contributed by atoms with van der Waals surface area (Å²) in [5, 5.41) is 21.6. The number of Topliss-reactive ketones (excluding diaryl/α,β-unsaturated/α-hetero) is 2. The summed E-state index contributed by atoms with van der Waals surface area (Å²) in [5.41, 5.74) is -0.0111. The zero-order valence-corrected chi connectivity index (χ0v) is 11.5. The minimum absolute atomic E-state index is 0.233. The highest BCUT2D eigenvalue weighted by atomic mass is 16.6. The molecule has 1 aromatic carbocycles. The normalized spacial score (nSPS) is 12.0.